The van der Waals surface area contributed by atoms with Crippen LogP contribution in [0.15, 0.2) is 78.9 Å². The van der Waals surface area contributed by atoms with Crippen molar-refractivity contribution in [2.45, 2.75) is 13.5 Å². The molecule has 2 N–H and O–H groups in total. The maximum Gasteiger partial charge on any atom is 0.238 e. The third kappa shape index (κ3) is 8.63. The minimum absolute atomic E-state index is 0.0495. The molecule has 0 unspecified atom stereocenters. The molecule has 1 saturated heterocycles. The maximum absolute atomic E-state index is 12.5. The van der Waals surface area contributed by atoms with Crippen LogP contribution in [0.1, 0.15) is 12.5 Å². The molecule has 8 nitrogen and oxygen atoms in total. The number of nitrogens with one attached hydrogen (secondary N) is 2. The zero-order valence-electron chi connectivity index (χ0n) is 21.2. The smallest absolute Gasteiger partial charge is 0.238 e. The third-order valence-corrected chi connectivity index (χ3v) is 6.03. The first-order valence-electron chi connectivity index (χ1n) is 12.6. The summed E-state index contributed by atoms with van der Waals surface area (Å²) in [5.41, 5.74) is 2.59. The Labute approximate surface area is 218 Å². The lowest BCUT2D eigenvalue weighted by Crippen LogP contribution is -2.50. The molecule has 2 amide bonds. The van der Waals surface area contributed by atoms with Gasteiger partial charge in [0.05, 0.1) is 19.7 Å². The summed E-state index contributed by atoms with van der Waals surface area (Å²) < 4.78 is 11.2. The van der Waals surface area contributed by atoms with E-state index in [1.54, 1.807) is 0 Å². The highest BCUT2D eigenvalue weighted by atomic mass is 16.5. The van der Waals surface area contributed by atoms with Crippen molar-refractivity contribution in [3.05, 3.63) is 84.4 Å². The normalized spacial score (nSPS) is 14.1. The van der Waals surface area contributed by atoms with Crippen LogP contribution in [-0.4, -0.2) is 67.5 Å². The largest absolute Gasteiger partial charge is 0.494 e. The topological polar surface area (TPSA) is 83.1 Å². The summed E-state index contributed by atoms with van der Waals surface area (Å²) in [6.45, 7) is 6.62. The lowest BCUT2D eigenvalue weighted by molar-refractivity contribution is -0.120. The SMILES string of the molecule is CCOc1ccc(NC(=O)CN2CCN(CC(=O)Nc3ccc(OCc4ccccc4)cc3)CC2)cc1. The summed E-state index contributed by atoms with van der Waals surface area (Å²) in [6.07, 6.45) is 0. The lowest BCUT2D eigenvalue weighted by atomic mass is 10.2. The van der Waals surface area contributed by atoms with Crippen LogP contribution >= 0.6 is 0 Å². The Balaban J connectivity index is 1.13. The van der Waals surface area contributed by atoms with Gasteiger partial charge in [-0.25, -0.2) is 0 Å². The molecule has 0 spiro atoms. The van der Waals surface area contributed by atoms with Crippen LogP contribution in [0, 0.1) is 0 Å². The quantitative estimate of drug-likeness (QED) is 0.414. The second kappa shape index (κ2) is 13.4. The van der Waals surface area contributed by atoms with Gasteiger partial charge in [0.25, 0.3) is 0 Å². The second-order valence-electron chi connectivity index (χ2n) is 8.90. The number of rotatable bonds is 11. The van der Waals surface area contributed by atoms with Gasteiger partial charge in [0.1, 0.15) is 18.1 Å². The fourth-order valence-electron chi connectivity index (χ4n) is 4.09. The van der Waals surface area contributed by atoms with Crippen molar-refractivity contribution < 1.29 is 19.1 Å². The molecule has 1 heterocycles. The summed E-state index contributed by atoms with van der Waals surface area (Å²) >= 11 is 0. The van der Waals surface area contributed by atoms with Gasteiger partial charge in [0.2, 0.25) is 11.8 Å². The molecule has 8 heteroatoms. The number of nitrogens with zero attached hydrogens (tertiary/aromatic N) is 2. The highest BCUT2D eigenvalue weighted by Gasteiger charge is 2.20. The first-order valence-corrected chi connectivity index (χ1v) is 12.6. The van der Waals surface area contributed by atoms with Gasteiger partial charge in [-0.3, -0.25) is 19.4 Å². The molecule has 0 aromatic heterocycles. The zero-order chi connectivity index (χ0) is 25.9. The molecule has 1 fully saturated rings. The van der Waals surface area contributed by atoms with Crippen LogP contribution in [0.3, 0.4) is 0 Å². The third-order valence-electron chi connectivity index (χ3n) is 6.03. The Morgan fingerprint density at radius 2 is 1.14 bits per heavy atom. The molecular formula is C29H34N4O4. The molecule has 1 aliphatic rings. The molecule has 0 atom stereocenters. The minimum Gasteiger partial charge on any atom is -0.494 e. The Kier molecular flexibility index (Phi) is 9.51. The summed E-state index contributed by atoms with van der Waals surface area (Å²) in [6, 6.07) is 24.8. The van der Waals surface area contributed by atoms with Crippen molar-refractivity contribution in [2.75, 3.05) is 56.5 Å². The molecule has 37 heavy (non-hydrogen) atoms. The Morgan fingerprint density at radius 1 is 0.676 bits per heavy atom. The Hall–Kier alpha value is -3.88. The average molecular weight is 503 g/mol. The maximum atomic E-state index is 12.5. The van der Waals surface area contributed by atoms with Gasteiger partial charge in [-0.15, -0.1) is 0 Å². The van der Waals surface area contributed by atoms with E-state index in [4.69, 9.17) is 9.47 Å². The van der Waals surface area contributed by atoms with Crippen LogP contribution in [0.5, 0.6) is 11.5 Å². The molecule has 3 aromatic carbocycles. The van der Waals surface area contributed by atoms with E-state index in [1.807, 2.05) is 85.8 Å². The number of hydrogen-bond acceptors (Lipinski definition) is 6. The Morgan fingerprint density at radius 3 is 1.59 bits per heavy atom. The van der Waals surface area contributed by atoms with E-state index < -0.39 is 0 Å². The van der Waals surface area contributed by atoms with Crippen molar-refractivity contribution in [1.82, 2.24) is 9.80 Å². The van der Waals surface area contributed by atoms with Gasteiger partial charge in [0, 0.05) is 37.6 Å². The van der Waals surface area contributed by atoms with E-state index in [2.05, 4.69) is 20.4 Å². The predicted molar refractivity (Wildman–Crippen MR) is 145 cm³/mol. The van der Waals surface area contributed by atoms with E-state index in [0.29, 0.717) is 26.3 Å². The summed E-state index contributed by atoms with van der Waals surface area (Å²) in [4.78, 5) is 29.2. The fourth-order valence-corrected chi connectivity index (χ4v) is 4.09. The van der Waals surface area contributed by atoms with Gasteiger partial charge >= 0.3 is 0 Å². The first kappa shape index (κ1) is 26.2. The molecule has 3 aromatic rings. The lowest BCUT2D eigenvalue weighted by Gasteiger charge is -2.33. The Bertz CT molecular complexity index is 1130. The summed E-state index contributed by atoms with van der Waals surface area (Å²) in [5.74, 6) is 1.43. The molecular weight excluding hydrogens is 468 g/mol. The van der Waals surface area contributed by atoms with E-state index in [-0.39, 0.29) is 11.8 Å². The standard InChI is InChI=1S/C29H34N4O4/c1-2-36-26-12-8-24(9-13-26)30-28(34)20-32-16-18-33(19-17-32)21-29(35)31-25-10-14-27(15-11-25)37-22-23-6-4-3-5-7-23/h3-15H,2,16-22H2,1H3,(H,30,34)(H,31,35). The number of carbonyl (C=O) groups excluding carboxylic acids is 2. The second-order valence-corrected chi connectivity index (χ2v) is 8.90. The van der Waals surface area contributed by atoms with E-state index >= 15 is 0 Å². The van der Waals surface area contributed by atoms with Gasteiger partial charge in [-0.2, -0.15) is 0 Å². The summed E-state index contributed by atoms with van der Waals surface area (Å²) in [5, 5.41) is 5.88. The van der Waals surface area contributed by atoms with Crippen LogP contribution in [0.4, 0.5) is 11.4 Å². The molecule has 0 saturated carbocycles. The van der Waals surface area contributed by atoms with Crippen LogP contribution in [0.25, 0.3) is 0 Å². The number of ether oxygens (including phenoxy) is 2. The van der Waals surface area contributed by atoms with Crippen LogP contribution in [-0.2, 0) is 16.2 Å². The van der Waals surface area contributed by atoms with Gasteiger partial charge < -0.3 is 20.1 Å². The van der Waals surface area contributed by atoms with Crippen molar-refractivity contribution in [3.63, 3.8) is 0 Å². The van der Waals surface area contributed by atoms with Gasteiger partial charge in [0.15, 0.2) is 0 Å². The molecule has 1 aliphatic heterocycles. The van der Waals surface area contributed by atoms with E-state index in [0.717, 1.165) is 54.6 Å². The van der Waals surface area contributed by atoms with E-state index in [1.165, 1.54) is 0 Å². The number of anilines is 2. The molecule has 194 valence electrons. The number of benzene rings is 3. The number of piperazine rings is 1. The van der Waals surface area contributed by atoms with Crippen LogP contribution < -0.4 is 20.1 Å². The predicted octanol–water partition coefficient (Wildman–Crippen LogP) is 3.86. The van der Waals surface area contributed by atoms with E-state index in [9.17, 15) is 9.59 Å². The van der Waals surface area contributed by atoms with Crippen molar-refractivity contribution in [1.29, 1.82) is 0 Å². The molecule has 0 aliphatic carbocycles. The zero-order valence-corrected chi connectivity index (χ0v) is 21.2. The highest BCUT2D eigenvalue weighted by molar-refractivity contribution is 5.93. The van der Waals surface area contributed by atoms with Gasteiger partial charge in [-0.1, -0.05) is 30.3 Å². The first-order chi connectivity index (χ1) is 18.1. The number of amides is 2. The highest BCUT2D eigenvalue weighted by Crippen LogP contribution is 2.18. The number of carbonyl (C=O) groups is 2. The van der Waals surface area contributed by atoms with Crippen molar-refractivity contribution in [2.24, 2.45) is 0 Å². The average Bonchev–Trinajstić information content (AvgIpc) is 2.91. The van der Waals surface area contributed by atoms with Crippen LogP contribution in [0.2, 0.25) is 0 Å². The fraction of sp³-hybridized carbons (Fsp3) is 0.310. The van der Waals surface area contributed by atoms with Crippen molar-refractivity contribution >= 4 is 23.2 Å². The summed E-state index contributed by atoms with van der Waals surface area (Å²) in [7, 11) is 0. The monoisotopic (exact) mass is 502 g/mol. The van der Waals surface area contributed by atoms with Crippen molar-refractivity contribution in [3.8, 4) is 11.5 Å². The number of hydrogen-bond donors (Lipinski definition) is 2. The van der Waals surface area contributed by atoms with Gasteiger partial charge in [-0.05, 0) is 61.0 Å². The molecule has 0 radical (unpaired) electrons. The molecule has 4 rings (SSSR count). The minimum atomic E-state index is -0.0559. The molecule has 0 bridgehead atoms.